The van der Waals surface area contributed by atoms with E-state index in [1.807, 2.05) is 4.90 Å². The number of pyridine rings is 1. The zero-order chi connectivity index (χ0) is 16.1. The van der Waals surface area contributed by atoms with Gasteiger partial charge in [0.05, 0.1) is 25.4 Å². The van der Waals surface area contributed by atoms with Crippen molar-refractivity contribution in [2.24, 2.45) is 0 Å². The van der Waals surface area contributed by atoms with Crippen molar-refractivity contribution in [2.75, 3.05) is 33.5 Å². The first kappa shape index (κ1) is 16.2. The van der Waals surface area contributed by atoms with Gasteiger partial charge in [0.2, 0.25) is 5.88 Å². The highest BCUT2D eigenvalue weighted by molar-refractivity contribution is 5.96. The molecule has 1 aromatic rings. The molecule has 1 saturated carbocycles. The van der Waals surface area contributed by atoms with E-state index in [1.54, 1.807) is 25.4 Å². The van der Waals surface area contributed by atoms with Gasteiger partial charge >= 0.3 is 0 Å². The Balaban J connectivity index is 1.76. The van der Waals surface area contributed by atoms with Crippen LogP contribution < -0.4 is 4.74 Å². The van der Waals surface area contributed by atoms with Crippen molar-refractivity contribution >= 4 is 5.91 Å². The first-order valence-corrected chi connectivity index (χ1v) is 8.30. The normalized spacial score (nSPS) is 24.1. The third kappa shape index (κ3) is 3.64. The zero-order valence-electron chi connectivity index (χ0n) is 13.6. The predicted octanol–water partition coefficient (Wildman–Crippen LogP) is 1.89. The second kappa shape index (κ2) is 7.75. The van der Waals surface area contributed by atoms with Crippen LogP contribution in [0.4, 0.5) is 0 Å². The molecule has 126 valence electrons. The van der Waals surface area contributed by atoms with Crippen LogP contribution in [0.1, 0.15) is 36.0 Å². The minimum atomic E-state index is -0.00860. The Labute approximate surface area is 136 Å². The number of nitrogens with zero attached hydrogens (tertiary/aromatic N) is 2. The molecule has 2 heterocycles. The number of hydrogen-bond donors (Lipinski definition) is 0. The van der Waals surface area contributed by atoms with Crippen LogP contribution >= 0.6 is 0 Å². The lowest BCUT2D eigenvalue weighted by atomic mass is 9.90. The molecule has 1 amide bonds. The number of carbonyl (C=O) groups excluding carboxylic acids is 1. The summed E-state index contributed by atoms with van der Waals surface area (Å²) in [5.74, 6) is 0.374. The number of aromatic nitrogens is 1. The molecule has 0 spiro atoms. The number of methoxy groups -OCH3 is 1. The highest BCUT2D eigenvalue weighted by atomic mass is 16.5. The van der Waals surface area contributed by atoms with Gasteiger partial charge in [0.15, 0.2) is 0 Å². The van der Waals surface area contributed by atoms with Crippen molar-refractivity contribution in [1.29, 1.82) is 0 Å². The lowest BCUT2D eigenvalue weighted by Crippen LogP contribution is -2.54. The molecule has 1 saturated heterocycles. The summed E-state index contributed by atoms with van der Waals surface area (Å²) in [6, 6.07) is 3.73. The molecule has 0 bridgehead atoms. The van der Waals surface area contributed by atoms with Gasteiger partial charge in [-0.25, -0.2) is 4.98 Å². The van der Waals surface area contributed by atoms with Gasteiger partial charge in [-0.05, 0) is 25.0 Å². The van der Waals surface area contributed by atoms with Crippen molar-refractivity contribution in [2.45, 2.75) is 37.8 Å². The summed E-state index contributed by atoms with van der Waals surface area (Å²) in [5.41, 5.74) is 0.523. The van der Waals surface area contributed by atoms with E-state index in [2.05, 4.69) is 4.98 Å². The monoisotopic (exact) mass is 320 g/mol. The largest absolute Gasteiger partial charge is 0.475 e. The van der Waals surface area contributed by atoms with Crippen molar-refractivity contribution in [3.63, 3.8) is 0 Å². The van der Waals surface area contributed by atoms with Crippen molar-refractivity contribution in [1.82, 2.24) is 9.88 Å². The molecule has 0 radical (unpaired) electrons. The van der Waals surface area contributed by atoms with Gasteiger partial charge in [0, 0.05) is 19.9 Å². The van der Waals surface area contributed by atoms with Gasteiger partial charge in [-0.15, -0.1) is 0 Å². The molecule has 23 heavy (non-hydrogen) atoms. The van der Waals surface area contributed by atoms with Crippen LogP contribution in [0.5, 0.6) is 5.88 Å². The lowest BCUT2D eigenvalue weighted by Gasteiger charge is -2.43. The molecular formula is C17H24N2O4. The summed E-state index contributed by atoms with van der Waals surface area (Å²) >= 11 is 0. The van der Waals surface area contributed by atoms with E-state index in [9.17, 15) is 4.79 Å². The number of amides is 1. The predicted molar refractivity (Wildman–Crippen MR) is 84.6 cm³/mol. The summed E-state index contributed by atoms with van der Waals surface area (Å²) in [6.45, 7) is 2.08. The summed E-state index contributed by atoms with van der Waals surface area (Å²) < 4.78 is 16.4. The van der Waals surface area contributed by atoms with Gasteiger partial charge in [-0.1, -0.05) is 12.8 Å². The van der Waals surface area contributed by atoms with Crippen LogP contribution in [0.2, 0.25) is 0 Å². The van der Waals surface area contributed by atoms with E-state index in [-0.39, 0.29) is 18.1 Å². The van der Waals surface area contributed by atoms with Crippen LogP contribution in [0, 0.1) is 0 Å². The number of carbonyl (C=O) groups is 1. The third-order valence-electron chi connectivity index (χ3n) is 4.52. The molecule has 0 unspecified atom stereocenters. The molecule has 6 heteroatoms. The Kier molecular flexibility index (Phi) is 5.46. The third-order valence-corrected chi connectivity index (χ3v) is 4.52. The average molecular weight is 320 g/mol. The van der Waals surface area contributed by atoms with Gasteiger partial charge in [-0.3, -0.25) is 4.79 Å². The Bertz CT molecular complexity index is 535. The molecule has 1 aliphatic carbocycles. The van der Waals surface area contributed by atoms with Gasteiger partial charge in [0.1, 0.15) is 12.2 Å². The van der Waals surface area contributed by atoms with Crippen molar-refractivity contribution in [3.05, 3.63) is 23.9 Å². The number of rotatable bonds is 5. The first-order valence-electron chi connectivity index (χ1n) is 8.30. The van der Waals surface area contributed by atoms with Crippen LogP contribution in [0.3, 0.4) is 0 Å². The summed E-state index contributed by atoms with van der Waals surface area (Å²) in [4.78, 5) is 19.2. The maximum absolute atomic E-state index is 13.0. The highest BCUT2D eigenvalue weighted by Gasteiger charge is 2.37. The number of fused-ring (bicyclic) bond motifs is 1. The molecular weight excluding hydrogens is 296 g/mol. The van der Waals surface area contributed by atoms with Crippen molar-refractivity contribution < 1.29 is 19.0 Å². The van der Waals surface area contributed by atoms with E-state index in [1.165, 1.54) is 6.42 Å². The number of morpholine rings is 1. The van der Waals surface area contributed by atoms with Gasteiger partial charge in [-0.2, -0.15) is 0 Å². The fraction of sp³-hybridized carbons (Fsp3) is 0.647. The number of ether oxygens (including phenoxy) is 3. The molecule has 3 rings (SSSR count). The van der Waals surface area contributed by atoms with E-state index < -0.39 is 0 Å². The average Bonchev–Trinajstić information content (AvgIpc) is 2.61. The Hall–Kier alpha value is -1.66. The zero-order valence-corrected chi connectivity index (χ0v) is 13.6. The molecule has 1 aliphatic heterocycles. The standard InChI is InChI=1S/C17H24N2O4/c1-21-11-12-23-16-13(5-4-8-18-16)17(20)19-9-10-22-15-7-3-2-6-14(15)19/h4-5,8,14-15H,2-3,6-7,9-12H2,1H3/t14-,15+/m0/s1. The first-order chi connectivity index (χ1) is 11.3. The minimum absolute atomic E-state index is 0.00860. The maximum atomic E-state index is 13.0. The van der Waals surface area contributed by atoms with E-state index in [0.29, 0.717) is 37.8 Å². The molecule has 2 atom stereocenters. The van der Waals surface area contributed by atoms with Crippen molar-refractivity contribution in [3.8, 4) is 5.88 Å². The Morgan fingerprint density at radius 2 is 2.26 bits per heavy atom. The molecule has 1 aromatic heterocycles. The van der Waals surface area contributed by atoms with Crippen LogP contribution in [-0.4, -0.2) is 61.4 Å². The molecule has 2 fully saturated rings. The lowest BCUT2D eigenvalue weighted by molar-refractivity contribution is -0.0753. The van der Waals surface area contributed by atoms with E-state index in [0.717, 1.165) is 19.3 Å². The second-order valence-corrected chi connectivity index (χ2v) is 5.96. The van der Waals surface area contributed by atoms with Crippen LogP contribution in [0.25, 0.3) is 0 Å². The molecule has 6 nitrogen and oxygen atoms in total. The number of hydrogen-bond acceptors (Lipinski definition) is 5. The minimum Gasteiger partial charge on any atom is -0.475 e. The second-order valence-electron chi connectivity index (χ2n) is 5.96. The summed E-state index contributed by atoms with van der Waals surface area (Å²) in [7, 11) is 1.62. The quantitative estimate of drug-likeness (QED) is 0.775. The molecule has 2 aliphatic rings. The topological polar surface area (TPSA) is 60.9 Å². The SMILES string of the molecule is COCCOc1ncccc1C(=O)N1CCO[C@@H]2CCCC[C@@H]21. The molecule has 0 aromatic carbocycles. The fourth-order valence-electron chi connectivity index (χ4n) is 3.39. The fourth-order valence-corrected chi connectivity index (χ4v) is 3.39. The Morgan fingerprint density at radius 3 is 3.13 bits per heavy atom. The van der Waals surface area contributed by atoms with Crippen LogP contribution in [-0.2, 0) is 9.47 Å². The smallest absolute Gasteiger partial charge is 0.259 e. The maximum Gasteiger partial charge on any atom is 0.259 e. The van der Waals surface area contributed by atoms with Gasteiger partial charge < -0.3 is 19.1 Å². The Morgan fingerprint density at radius 1 is 1.39 bits per heavy atom. The highest BCUT2D eigenvalue weighted by Crippen LogP contribution is 2.30. The van der Waals surface area contributed by atoms with Crippen LogP contribution in [0.15, 0.2) is 18.3 Å². The summed E-state index contributed by atoms with van der Waals surface area (Å²) in [6.07, 6.45) is 6.20. The van der Waals surface area contributed by atoms with E-state index in [4.69, 9.17) is 14.2 Å². The summed E-state index contributed by atoms with van der Waals surface area (Å²) in [5, 5.41) is 0. The molecule has 0 N–H and O–H groups in total. The van der Waals surface area contributed by atoms with Gasteiger partial charge in [0.25, 0.3) is 5.91 Å². The van der Waals surface area contributed by atoms with E-state index >= 15 is 0 Å².